The monoisotopic (exact) mass is 265 g/mol. The number of benzene rings is 1. The second-order valence-electron chi connectivity index (χ2n) is 3.65. The van der Waals surface area contributed by atoms with E-state index >= 15 is 0 Å². The van der Waals surface area contributed by atoms with E-state index in [0.717, 1.165) is 0 Å². The van der Waals surface area contributed by atoms with Crippen LogP contribution in [0.3, 0.4) is 0 Å². The first-order valence-electron chi connectivity index (χ1n) is 5.76. The van der Waals surface area contributed by atoms with Crippen molar-refractivity contribution in [1.29, 1.82) is 15.8 Å². The van der Waals surface area contributed by atoms with Gasteiger partial charge in [-0.05, 0) is 25.1 Å². The van der Waals surface area contributed by atoms with E-state index in [1.54, 1.807) is 36.4 Å². The van der Waals surface area contributed by atoms with Gasteiger partial charge in [0, 0.05) is 17.8 Å². The molecule has 98 valence electrons. The fourth-order valence-corrected chi connectivity index (χ4v) is 1.43. The van der Waals surface area contributed by atoms with E-state index in [-0.39, 0.29) is 17.2 Å². The Hall–Kier alpha value is -3.30. The number of nitrogens with zero attached hydrogens (tertiary/aromatic N) is 3. The summed E-state index contributed by atoms with van der Waals surface area (Å²) >= 11 is 0. The maximum atomic E-state index is 11.7. The topological polar surface area (TPSA) is 112 Å². The van der Waals surface area contributed by atoms with Gasteiger partial charge in [0.1, 0.15) is 23.9 Å². The van der Waals surface area contributed by atoms with E-state index < -0.39 is 0 Å². The van der Waals surface area contributed by atoms with Gasteiger partial charge in [-0.2, -0.15) is 15.8 Å². The van der Waals surface area contributed by atoms with Crippen molar-refractivity contribution in [2.24, 2.45) is 0 Å². The van der Waals surface area contributed by atoms with Crippen LogP contribution in [0.15, 0.2) is 35.5 Å². The Morgan fingerprint density at radius 1 is 1.20 bits per heavy atom. The lowest BCUT2D eigenvalue weighted by molar-refractivity contribution is 0.0956. The summed E-state index contributed by atoms with van der Waals surface area (Å²) in [6, 6.07) is 11.5. The van der Waals surface area contributed by atoms with E-state index in [4.69, 9.17) is 15.8 Å². The maximum absolute atomic E-state index is 11.7. The summed E-state index contributed by atoms with van der Waals surface area (Å²) in [5, 5.41) is 31.7. The number of hydrogen-bond donors (Lipinski definition) is 2. The molecule has 0 saturated carbocycles. The molecule has 0 aliphatic carbocycles. The normalized spacial score (nSPS) is 8.50. The zero-order chi connectivity index (χ0) is 15.0. The van der Waals surface area contributed by atoms with Gasteiger partial charge in [0.05, 0.1) is 0 Å². The number of carbonyl (C=O) groups excluding carboxylic acids is 1. The molecule has 0 radical (unpaired) electrons. The lowest BCUT2D eigenvalue weighted by atomic mass is 10.1. The lowest BCUT2D eigenvalue weighted by Crippen LogP contribution is -2.22. The quantitative estimate of drug-likeness (QED) is 0.804. The summed E-state index contributed by atoms with van der Waals surface area (Å²) in [4.78, 5) is 11.7. The van der Waals surface area contributed by atoms with E-state index in [0.29, 0.717) is 17.8 Å². The van der Waals surface area contributed by atoms with E-state index in [1.165, 1.54) is 6.07 Å². The average Bonchev–Trinajstić information content (AvgIpc) is 2.48. The number of anilines is 1. The molecule has 6 heteroatoms. The molecule has 20 heavy (non-hydrogen) atoms. The van der Waals surface area contributed by atoms with Crippen molar-refractivity contribution in [3.8, 4) is 18.2 Å². The molecule has 1 aromatic rings. The van der Waals surface area contributed by atoms with Crippen molar-refractivity contribution in [2.75, 3.05) is 11.9 Å². The zero-order valence-electron chi connectivity index (χ0n) is 10.8. The number of nitriles is 3. The highest BCUT2D eigenvalue weighted by Crippen LogP contribution is 2.14. The van der Waals surface area contributed by atoms with Gasteiger partial charge < -0.3 is 10.6 Å². The minimum Gasteiger partial charge on any atom is -0.352 e. The second kappa shape index (κ2) is 7.20. The molecular formula is C14H11N5O. The largest absolute Gasteiger partial charge is 0.352 e. The van der Waals surface area contributed by atoms with Crippen molar-refractivity contribution < 1.29 is 4.79 Å². The molecule has 0 unspecified atom stereocenters. The highest BCUT2D eigenvalue weighted by atomic mass is 16.1. The van der Waals surface area contributed by atoms with Crippen LogP contribution in [0.1, 0.15) is 17.3 Å². The number of rotatable bonds is 4. The first-order chi connectivity index (χ1) is 9.65. The summed E-state index contributed by atoms with van der Waals surface area (Å²) in [7, 11) is 0. The minimum absolute atomic E-state index is 0.150. The molecule has 0 aromatic heterocycles. The summed E-state index contributed by atoms with van der Waals surface area (Å²) in [5.74, 6) is -0.237. The van der Waals surface area contributed by atoms with Gasteiger partial charge in [-0.3, -0.25) is 4.79 Å². The number of allylic oxidation sites excluding steroid dienone is 2. The first-order valence-corrected chi connectivity index (χ1v) is 5.76. The standard InChI is InChI=1S/C14H11N5O/c1-2-18-14(20)10-4-3-5-12(6-10)19-13(9-17)11(7-15)8-16/h3-6,19H,2H2,1H3,(H,18,20). The van der Waals surface area contributed by atoms with Crippen LogP contribution in [0, 0.1) is 34.0 Å². The summed E-state index contributed by atoms with van der Waals surface area (Å²) in [6.45, 7) is 2.31. The zero-order valence-corrected chi connectivity index (χ0v) is 10.8. The molecular weight excluding hydrogens is 254 g/mol. The van der Waals surface area contributed by atoms with Crippen LogP contribution >= 0.6 is 0 Å². The third-order valence-corrected chi connectivity index (χ3v) is 2.32. The Bertz CT molecular complexity index is 654. The van der Waals surface area contributed by atoms with Crippen LogP contribution in [-0.2, 0) is 0 Å². The van der Waals surface area contributed by atoms with Gasteiger partial charge in [-0.25, -0.2) is 0 Å². The van der Waals surface area contributed by atoms with Crippen LogP contribution in [0.2, 0.25) is 0 Å². The van der Waals surface area contributed by atoms with Gasteiger partial charge in [0.25, 0.3) is 5.91 Å². The van der Waals surface area contributed by atoms with Crippen LogP contribution in [0.25, 0.3) is 0 Å². The van der Waals surface area contributed by atoms with Crippen molar-refractivity contribution in [1.82, 2.24) is 5.32 Å². The molecule has 0 aliphatic heterocycles. The lowest BCUT2D eigenvalue weighted by Gasteiger charge is -2.07. The molecule has 2 N–H and O–H groups in total. The SMILES string of the molecule is CCNC(=O)c1cccc(NC(C#N)=C(C#N)C#N)c1. The molecule has 0 fully saturated rings. The van der Waals surface area contributed by atoms with Crippen LogP contribution in [0.4, 0.5) is 5.69 Å². The number of hydrogen-bond acceptors (Lipinski definition) is 5. The number of nitrogens with one attached hydrogen (secondary N) is 2. The molecule has 0 atom stereocenters. The second-order valence-corrected chi connectivity index (χ2v) is 3.65. The Morgan fingerprint density at radius 2 is 1.90 bits per heavy atom. The van der Waals surface area contributed by atoms with Crippen LogP contribution in [-0.4, -0.2) is 12.5 Å². The molecule has 0 heterocycles. The minimum atomic E-state index is -0.309. The van der Waals surface area contributed by atoms with E-state index in [9.17, 15) is 4.79 Å². The van der Waals surface area contributed by atoms with E-state index in [1.807, 2.05) is 6.92 Å². The Balaban J connectivity index is 3.07. The van der Waals surface area contributed by atoms with Gasteiger partial charge >= 0.3 is 0 Å². The summed E-state index contributed by atoms with van der Waals surface area (Å²) < 4.78 is 0. The fourth-order valence-electron chi connectivity index (χ4n) is 1.43. The highest BCUT2D eigenvalue weighted by molar-refractivity contribution is 5.95. The predicted molar refractivity (Wildman–Crippen MR) is 71.9 cm³/mol. The Labute approximate surface area is 116 Å². The third kappa shape index (κ3) is 3.60. The Kier molecular flexibility index (Phi) is 5.32. The third-order valence-electron chi connectivity index (χ3n) is 2.32. The van der Waals surface area contributed by atoms with Crippen molar-refractivity contribution in [3.05, 3.63) is 41.1 Å². The summed E-state index contributed by atoms with van der Waals surface area (Å²) in [6.07, 6.45) is 0. The van der Waals surface area contributed by atoms with Crippen molar-refractivity contribution in [2.45, 2.75) is 6.92 Å². The number of amides is 1. The molecule has 1 amide bonds. The number of carbonyl (C=O) groups is 1. The maximum Gasteiger partial charge on any atom is 0.251 e. The van der Waals surface area contributed by atoms with E-state index in [2.05, 4.69) is 10.6 Å². The average molecular weight is 265 g/mol. The summed E-state index contributed by atoms with van der Waals surface area (Å²) in [5.41, 5.74) is 0.414. The Morgan fingerprint density at radius 3 is 2.45 bits per heavy atom. The van der Waals surface area contributed by atoms with Gasteiger partial charge in [-0.15, -0.1) is 0 Å². The fraction of sp³-hybridized carbons (Fsp3) is 0.143. The van der Waals surface area contributed by atoms with Crippen molar-refractivity contribution in [3.63, 3.8) is 0 Å². The van der Waals surface area contributed by atoms with Crippen molar-refractivity contribution >= 4 is 11.6 Å². The molecule has 0 aliphatic rings. The molecule has 1 aromatic carbocycles. The molecule has 0 bridgehead atoms. The smallest absolute Gasteiger partial charge is 0.251 e. The predicted octanol–water partition coefficient (Wildman–Crippen LogP) is 1.67. The molecule has 0 saturated heterocycles. The molecule has 0 spiro atoms. The molecule has 6 nitrogen and oxygen atoms in total. The molecule has 1 rings (SSSR count). The van der Waals surface area contributed by atoms with Gasteiger partial charge in [-0.1, -0.05) is 6.07 Å². The van der Waals surface area contributed by atoms with Gasteiger partial charge in [0.2, 0.25) is 0 Å². The highest BCUT2D eigenvalue weighted by Gasteiger charge is 2.08. The van der Waals surface area contributed by atoms with Gasteiger partial charge in [0.15, 0.2) is 5.57 Å². The first kappa shape index (κ1) is 14.8. The van der Waals surface area contributed by atoms with Crippen LogP contribution < -0.4 is 10.6 Å². The van der Waals surface area contributed by atoms with Crippen LogP contribution in [0.5, 0.6) is 0 Å².